The highest BCUT2D eigenvalue weighted by atomic mass is 32.2. The van der Waals surface area contributed by atoms with E-state index in [4.69, 9.17) is 4.52 Å². The van der Waals surface area contributed by atoms with Crippen molar-refractivity contribution >= 4 is 28.7 Å². The third-order valence-electron chi connectivity index (χ3n) is 2.85. The lowest BCUT2D eigenvalue weighted by molar-refractivity contribution is -0.0328. The number of fused-ring (bicyclic) bond motifs is 1. The molecule has 3 aromatic rings. The number of nitrogens with zero attached hydrogens (tertiary/aromatic N) is 2. The fraction of sp³-hybridized carbons (Fsp3) is 0.143. The first-order chi connectivity index (χ1) is 10.5. The number of alkyl halides is 3. The Morgan fingerprint density at radius 1 is 1.14 bits per heavy atom. The Kier molecular flexibility index (Phi) is 3.93. The van der Waals surface area contributed by atoms with Gasteiger partial charge in [-0.05, 0) is 41.6 Å². The van der Waals surface area contributed by atoms with Gasteiger partial charge in [0, 0.05) is 17.6 Å². The molecule has 0 bridgehead atoms. The first-order valence-corrected chi connectivity index (χ1v) is 7.12. The van der Waals surface area contributed by atoms with E-state index >= 15 is 0 Å². The van der Waals surface area contributed by atoms with Crippen LogP contribution in [0.4, 0.5) is 19.0 Å². The summed E-state index contributed by atoms with van der Waals surface area (Å²) in [5.74, 6) is 0.504. The number of benzene rings is 1. The van der Waals surface area contributed by atoms with Gasteiger partial charge in [-0.1, -0.05) is 17.3 Å². The lowest BCUT2D eigenvalue weighted by atomic mass is 10.2. The lowest BCUT2D eigenvalue weighted by Gasteiger charge is -2.07. The molecule has 0 aliphatic rings. The van der Waals surface area contributed by atoms with Gasteiger partial charge >= 0.3 is 5.51 Å². The van der Waals surface area contributed by atoms with Gasteiger partial charge in [-0.3, -0.25) is 0 Å². The minimum absolute atomic E-state index is 0.131. The smallest absolute Gasteiger partial charge is 0.361 e. The number of thioether (sulfide) groups is 1. The molecular formula is C14H10F3N3OS. The zero-order valence-electron chi connectivity index (χ0n) is 11.1. The van der Waals surface area contributed by atoms with Crippen molar-refractivity contribution in [1.82, 2.24) is 10.1 Å². The molecule has 0 aliphatic carbocycles. The molecule has 4 nitrogen and oxygen atoms in total. The number of nitrogens with one attached hydrogen (secondary N) is 1. The van der Waals surface area contributed by atoms with Gasteiger partial charge in [-0.2, -0.15) is 13.2 Å². The molecule has 22 heavy (non-hydrogen) atoms. The van der Waals surface area contributed by atoms with E-state index in [1.807, 2.05) is 0 Å². The van der Waals surface area contributed by atoms with Gasteiger partial charge in [-0.15, -0.1) is 0 Å². The maximum atomic E-state index is 12.2. The van der Waals surface area contributed by atoms with Crippen LogP contribution in [0.15, 0.2) is 52.0 Å². The molecule has 114 valence electrons. The first-order valence-electron chi connectivity index (χ1n) is 6.30. The Bertz CT molecular complexity index is 771. The number of aromatic nitrogens is 2. The number of hydrogen-bond acceptors (Lipinski definition) is 5. The van der Waals surface area contributed by atoms with E-state index in [2.05, 4.69) is 15.5 Å². The van der Waals surface area contributed by atoms with Crippen LogP contribution in [-0.2, 0) is 6.54 Å². The molecule has 0 unspecified atom stereocenters. The minimum Gasteiger partial charge on any atom is -0.361 e. The Labute approximate surface area is 127 Å². The molecule has 0 aliphatic heterocycles. The van der Waals surface area contributed by atoms with Gasteiger partial charge < -0.3 is 9.84 Å². The highest BCUT2D eigenvalue weighted by Crippen LogP contribution is 2.36. The maximum absolute atomic E-state index is 12.2. The summed E-state index contributed by atoms with van der Waals surface area (Å²) >= 11 is -0.131. The summed E-state index contributed by atoms with van der Waals surface area (Å²) in [4.78, 5) is 4.32. The van der Waals surface area contributed by atoms with E-state index in [0.29, 0.717) is 23.5 Å². The van der Waals surface area contributed by atoms with Crippen molar-refractivity contribution in [2.45, 2.75) is 16.9 Å². The molecule has 2 heterocycles. The fourth-order valence-electron chi connectivity index (χ4n) is 1.89. The van der Waals surface area contributed by atoms with Gasteiger partial charge in [-0.25, -0.2) is 4.98 Å². The van der Waals surface area contributed by atoms with E-state index in [-0.39, 0.29) is 16.7 Å². The predicted octanol–water partition coefficient (Wildman–Crippen LogP) is 4.45. The molecule has 1 N–H and O–H groups in total. The highest BCUT2D eigenvalue weighted by Gasteiger charge is 2.28. The van der Waals surface area contributed by atoms with Gasteiger partial charge in [0.05, 0.1) is 0 Å². The van der Waals surface area contributed by atoms with Crippen molar-refractivity contribution < 1.29 is 17.7 Å². The van der Waals surface area contributed by atoms with Crippen LogP contribution in [0.2, 0.25) is 0 Å². The molecule has 0 fully saturated rings. The summed E-state index contributed by atoms with van der Waals surface area (Å²) in [6.07, 6.45) is 1.63. The van der Waals surface area contributed by atoms with E-state index in [0.717, 1.165) is 5.56 Å². The summed E-state index contributed by atoms with van der Waals surface area (Å²) in [6, 6.07) is 9.65. The Morgan fingerprint density at radius 2 is 1.91 bits per heavy atom. The van der Waals surface area contributed by atoms with Gasteiger partial charge in [0.15, 0.2) is 16.9 Å². The molecule has 0 radical (unpaired) electrons. The molecular weight excluding hydrogens is 315 g/mol. The van der Waals surface area contributed by atoms with Crippen molar-refractivity contribution in [2.75, 3.05) is 5.32 Å². The van der Waals surface area contributed by atoms with Crippen molar-refractivity contribution in [1.29, 1.82) is 0 Å². The van der Waals surface area contributed by atoms with Crippen LogP contribution in [0.5, 0.6) is 0 Å². The summed E-state index contributed by atoms with van der Waals surface area (Å²) in [5.41, 5.74) is -2.25. The fourth-order valence-corrected chi connectivity index (χ4v) is 2.43. The second kappa shape index (κ2) is 5.88. The Balaban J connectivity index is 1.66. The Hall–Kier alpha value is -2.22. The molecule has 0 amide bonds. The number of rotatable bonds is 4. The van der Waals surface area contributed by atoms with E-state index in [1.54, 1.807) is 30.5 Å². The van der Waals surface area contributed by atoms with Crippen LogP contribution in [0, 0.1) is 0 Å². The first kappa shape index (κ1) is 14.7. The summed E-state index contributed by atoms with van der Waals surface area (Å²) in [6.45, 7) is 0.412. The maximum Gasteiger partial charge on any atom is 0.446 e. The Morgan fingerprint density at radius 3 is 2.64 bits per heavy atom. The number of hydrogen-bond donors (Lipinski definition) is 1. The van der Waals surface area contributed by atoms with E-state index < -0.39 is 5.51 Å². The third kappa shape index (κ3) is 3.51. The summed E-state index contributed by atoms with van der Waals surface area (Å²) in [7, 11) is 0. The number of pyridine rings is 1. The topological polar surface area (TPSA) is 51.0 Å². The quantitative estimate of drug-likeness (QED) is 0.718. The average Bonchev–Trinajstić information content (AvgIpc) is 2.88. The van der Waals surface area contributed by atoms with Gasteiger partial charge in [0.25, 0.3) is 0 Å². The lowest BCUT2D eigenvalue weighted by Crippen LogP contribution is -2.01. The average molecular weight is 325 g/mol. The normalized spacial score (nSPS) is 11.8. The van der Waals surface area contributed by atoms with Gasteiger partial charge in [0.2, 0.25) is 0 Å². The van der Waals surface area contributed by atoms with Crippen LogP contribution in [0.1, 0.15) is 5.56 Å². The summed E-state index contributed by atoms with van der Waals surface area (Å²) in [5, 5.41) is 6.93. The molecule has 8 heteroatoms. The standard InChI is InChI=1S/C14H10F3N3OS/c15-14(16,17)22-10-5-3-9(4-6-10)8-19-13-12-11(21-20-13)2-1-7-18-12/h1-7H,8H2,(H,19,20). The minimum atomic E-state index is -4.27. The molecule has 0 spiro atoms. The number of halogens is 3. The largest absolute Gasteiger partial charge is 0.446 e. The van der Waals surface area contributed by atoms with Crippen LogP contribution < -0.4 is 5.32 Å². The van der Waals surface area contributed by atoms with Crippen LogP contribution in [0.3, 0.4) is 0 Å². The SMILES string of the molecule is FC(F)(F)Sc1ccc(CNc2noc3cccnc23)cc1. The van der Waals surface area contributed by atoms with Crippen molar-refractivity contribution in [3.05, 3.63) is 48.2 Å². The monoisotopic (exact) mass is 325 g/mol. The molecule has 1 aromatic carbocycles. The zero-order valence-corrected chi connectivity index (χ0v) is 11.9. The van der Waals surface area contributed by atoms with Crippen LogP contribution in [0.25, 0.3) is 11.1 Å². The molecule has 0 atom stereocenters. The second-order valence-corrected chi connectivity index (χ2v) is 5.57. The van der Waals surface area contributed by atoms with E-state index in [9.17, 15) is 13.2 Å². The molecule has 0 saturated heterocycles. The zero-order chi connectivity index (χ0) is 15.6. The highest BCUT2D eigenvalue weighted by molar-refractivity contribution is 8.00. The third-order valence-corrected chi connectivity index (χ3v) is 3.59. The summed E-state index contributed by atoms with van der Waals surface area (Å²) < 4.78 is 41.9. The van der Waals surface area contributed by atoms with Crippen molar-refractivity contribution in [3.63, 3.8) is 0 Å². The van der Waals surface area contributed by atoms with Crippen molar-refractivity contribution in [2.24, 2.45) is 0 Å². The number of anilines is 1. The van der Waals surface area contributed by atoms with Crippen LogP contribution in [-0.4, -0.2) is 15.6 Å². The predicted molar refractivity (Wildman–Crippen MR) is 77.5 cm³/mol. The molecule has 2 aromatic heterocycles. The van der Waals surface area contributed by atoms with E-state index in [1.165, 1.54) is 12.1 Å². The molecule has 0 saturated carbocycles. The van der Waals surface area contributed by atoms with Crippen molar-refractivity contribution in [3.8, 4) is 0 Å². The molecule has 3 rings (SSSR count). The van der Waals surface area contributed by atoms with Gasteiger partial charge in [0.1, 0.15) is 0 Å². The van der Waals surface area contributed by atoms with Crippen LogP contribution >= 0.6 is 11.8 Å². The second-order valence-electron chi connectivity index (χ2n) is 4.43.